The zero-order valence-electron chi connectivity index (χ0n) is 11.8. The predicted molar refractivity (Wildman–Crippen MR) is 73.5 cm³/mol. The summed E-state index contributed by atoms with van der Waals surface area (Å²) in [6.45, 7) is 2.76. The number of hydrogen-bond acceptors (Lipinski definition) is 3. The molecule has 4 nitrogen and oxygen atoms in total. The fraction of sp³-hybridized carbons (Fsp3) is 0.533. The van der Waals surface area contributed by atoms with Crippen LogP contribution in [0.15, 0.2) is 18.2 Å². The molecule has 1 atom stereocenters. The molecule has 0 radical (unpaired) electrons. The Labute approximate surface area is 114 Å². The molecule has 1 heterocycles. The molecule has 0 N–H and O–H groups in total. The molecule has 1 amide bonds. The summed E-state index contributed by atoms with van der Waals surface area (Å²) in [6, 6.07) is 6.08. The molecule has 1 fully saturated rings. The van der Waals surface area contributed by atoms with Crippen molar-refractivity contribution < 1.29 is 14.3 Å². The Kier molecular flexibility index (Phi) is 4.30. The zero-order valence-corrected chi connectivity index (χ0v) is 11.8. The SMILES string of the molecule is CCC(=O)N1CCCC1c1ccc(OC)c(OC)c1. The molecule has 1 aromatic carbocycles. The number of likely N-dealkylation sites (tertiary alicyclic amines) is 1. The van der Waals surface area contributed by atoms with Crippen LogP contribution >= 0.6 is 0 Å². The van der Waals surface area contributed by atoms with Crippen LogP contribution < -0.4 is 9.47 Å². The number of carbonyl (C=O) groups excluding carboxylic acids is 1. The maximum atomic E-state index is 11.9. The van der Waals surface area contributed by atoms with Gasteiger partial charge in [-0.3, -0.25) is 4.79 Å². The minimum Gasteiger partial charge on any atom is -0.493 e. The first-order valence-corrected chi connectivity index (χ1v) is 6.72. The average molecular weight is 263 g/mol. The van der Waals surface area contributed by atoms with Gasteiger partial charge in [-0.2, -0.15) is 0 Å². The Bertz CT molecular complexity index is 459. The quantitative estimate of drug-likeness (QED) is 0.838. The smallest absolute Gasteiger partial charge is 0.222 e. The van der Waals surface area contributed by atoms with Gasteiger partial charge in [0, 0.05) is 13.0 Å². The highest BCUT2D eigenvalue weighted by Crippen LogP contribution is 2.37. The molecule has 1 aliphatic rings. The topological polar surface area (TPSA) is 38.8 Å². The number of ether oxygens (including phenoxy) is 2. The van der Waals surface area contributed by atoms with E-state index in [-0.39, 0.29) is 11.9 Å². The van der Waals surface area contributed by atoms with Gasteiger partial charge in [-0.1, -0.05) is 13.0 Å². The van der Waals surface area contributed by atoms with E-state index in [0.717, 1.165) is 36.4 Å². The van der Waals surface area contributed by atoms with Gasteiger partial charge < -0.3 is 14.4 Å². The van der Waals surface area contributed by atoms with Crippen LogP contribution in [0.1, 0.15) is 37.8 Å². The number of rotatable bonds is 4. The average Bonchev–Trinajstić information content (AvgIpc) is 2.95. The summed E-state index contributed by atoms with van der Waals surface area (Å²) in [5.41, 5.74) is 1.12. The number of hydrogen-bond donors (Lipinski definition) is 0. The minimum atomic E-state index is 0.173. The van der Waals surface area contributed by atoms with Crippen LogP contribution in [-0.4, -0.2) is 31.6 Å². The first-order valence-electron chi connectivity index (χ1n) is 6.72. The molecule has 1 saturated heterocycles. The van der Waals surface area contributed by atoms with E-state index in [4.69, 9.17) is 9.47 Å². The largest absolute Gasteiger partial charge is 0.493 e. The van der Waals surface area contributed by atoms with Crippen LogP contribution in [0.4, 0.5) is 0 Å². The van der Waals surface area contributed by atoms with Crippen molar-refractivity contribution in [2.75, 3.05) is 20.8 Å². The number of carbonyl (C=O) groups is 1. The lowest BCUT2D eigenvalue weighted by Gasteiger charge is -2.25. The predicted octanol–water partition coefficient (Wildman–Crippen LogP) is 2.78. The molecule has 1 aromatic rings. The molecule has 1 aliphatic heterocycles. The Balaban J connectivity index is 2.28. The Morgan fingerprint density at radius 3 is 2.68 bits per heavy atom. The van der Waals surface area contributed by atoms with Crippen LogP contribution in [0.2, 0.25) is 0 Å². The highest BCUT2D eigenvalue weighted by atomic mass is 16.5. The van der Waals surface area contributed by atoms with Gasteiger partial charge in [-0.25, -0.2) is 0 Å². The van der Waals surface area contributed by atoms with E-state index in [9.17, 15) is 4.79 Å². The highest BCUT2D eigenvalue weighted by molar-refractivity contribution is 5.76. The van der Waals surface area contributed by atoms with Crippen molar-refractivity contribution in [3.63, 3.8) is 0 Å². The first-order chi connectivity index (χ1) is 9.21. The van der Waals surface area contributed by atoms with E-state index in [1.54, 1.807) is 14.2 Å². The second-order valence-electron chi connectivity index (χ2n) is 4.71. The maximum Gasteiger partial charge on any atom is 0.222 e. The second kappa shape index (κ2) is 5.95. The fourth-order valence-corrected chi connectivity index (χ4v) is 2.67. The van der Waals surface area contributed by atoms with E-state index >= 15 is 0 Å². The molecule has 0 saturated carbocycles. The first kappa shape index (κ1) is 13.7. The van der Waals surface area contributed by atoms with Crippen LogP contribution in [0.25, 0.3) is 0 Å². The van der Waals surface area contributed by atoms with Crippen molar-refractivity contribution >= 4 is 5.91 Å². The Morgan fingerprint density at radius 2 is 2.05 bits per heavy atom. The Morgan fingerprint density at radius 1 is 1.32 bits per heavy atom. The maximum absolute atomic E-state index is 11.9. The number of nitrogens with zero attached hydrogens (tertiary/aromatic N) is 1. The molecule has 0 aromatic heterocycles. The van der Waals surface area contributed by atoms with E-state index in [1.807, 2.05) is 30.0 Å². The lowest BCUT2D eigenvalue weighted by molar-refractivity contribution is -0.131. The fourth-order valence-electron chi connectivity index (χ4n) is 2.67. The zero-order chi connectivity index (χ0) is 13.8. The van der Waals surface area contributed by atoms with Crippen molar-refractivity contribution in [1.29, 1.82) is 0 Å². The molecule has 1 unspecified atom stereocenters. The van der Waals surface area contributed by atoms with Crippen LogP contribution in [0.3, 0.4) is 0 Å². The lowest BCUT2D eigenvalue weighted by Crippen LogP contribution is -2.29. The van der Waals surface area contributed by atoms with Gasteiger partial charge in [0.1, 0.15) is 0 Å². The number of methoxy groups -OCH3 is 2. The molecule has 104 valence electrons. The normalized spacial score (nSPS) is 18.5. The van der Waals surface area contributed by atoms with Gasteiger partial charge in [0.05, 0.1) is 20.3 Å². The summed E-state index contributed by atoms with van der Waals surface area (Å²) in [4.78, 5) is 13.9. The molecule has 2 rings (SSSR count). The molecular formula is C15H21NO3. The van der Waals surface area contributed by atoms with Crippen LogP contribution in [0.5, 0.6) is 11.5 Å². The summed E-state index contributed by atoms with van der Waals surface area (Å²) in [7, 11) is 3.26. The van der Waals surface area contributed by atoms with Gasteiger partial charge in [0.25, 0.3) is 0 Å². The van der Waals surface area contributed by atoms with Crippen molar-refractivity contribution in [3.05, 3.63) is 23.8 Å². The molecule has 0 aliphatic carbocycles. The van der Waals surface area contributed by atoms with E-state index in [1.165, 1.54) is 0 Å². The molecule has 19 heavy (non-hydrogen) atoms. The van der Waals surface area contributed by atoms with E-state index < -0.39 is 0 Å². The summed E-state index contributed by atoms with van der Waals surface area (Å²) in [6.07, 6.45) is 2.63. The van der Waals surface area contributed by atoms with Crippen LogP contribution in [-0.2, 0) is 4.79 Å². The molecule has 0 spiro atoms. The van der Waals surface area contributed by atoms with E-state index in [0.29, 0.717) is 6.42 Å². The second-order valence-corrected chi connectivity index (χ2v) is 4.71. The van der Waals surface area contributed by atoms with Crippen molar-refractivity contribution in [2.24, 2.45) is 0 Å². The monoisotopic (exact) mass is 263 g/mol. The van der Waals surface area contributed by atoms with E-state index in [2.05, 4.69) is 0 Å². The van der Waals surface area contributed by atoms with Gasteiger partial charge in [0.2, 0.25) is 5.91 Å². The Hall–Kier alpha value is -1.71. The summed E-state index contributed by atoms with van der Waals surface area (Å²) >= 11 is 0. The standard InChI is InChI=1S/C15H21NO3/c1-4-15(17)16-9-5-6-12(16)11-7-8-13(18-2)14(10-11)19-3/h7-8,10,12H,4-6,9H2,1-3H3. The van der Waals surface area contributed by atoms with Gasteiger partial charge in [-0.15, -0.1) is 0 Å². The number of amides is 1. The third kappa shape index (κ3) is 2.67. The lowest BCUT2D eigenvalue weighted by atomic mass is 10.0. The van der Waals surface area contributed by atoms with Crippen molar-refractivity contribution in [2.45, 2.75) is 32.2 Å². The van der Waals surface area contributed by atoms with Crippen molar-refractivity contribution in [1.82, 2.24) is 4.90 Å². The third-order valence-corrected chi connectivity index (χ3v) is 3.67. The molecular weight excluding hydrogens is 242 g/mol. The minimum absolute atomic E-state index is 0.173. The summed E-state index contributed by atoms with van der Waals surface area (Å²) < 4.78 is 10.6. The molecule has 0 bridgehead atoms. The van der Waals surface area contributed by atoms with Gasteiger partial charge in [-0.05, 0) is 30.5 Å². The van der Waals surface area contributed by atoms with Crippen molar-refractivity contribution in [3.8, 4) is 11.5 Å². The summed E-state index contributed by atoms with van der Waals surface area (Å²) in [5.74, 6) is 1.66. The third-order valence-electron chi connectivity index (χ3n) is 3.67. The number of benzene rings is 1. The van der Waals surface area contributed by atoms with Gasteiger partial charge >= 0.3 is 0 Å². The summed E-state index contributed by atoms with van der Waals surface area (Å²) in [5, 5.41) is 0. The highest BCUT2D eigenvalue weighted by Gasteiger charge is 2.29. The van der Waals surface area contributed by atoms with Gasteiger partial charge in [0.15, 0.2) is 11.5 Å². The molecule has 4 heteroatoms. The van der Waals surface area contributed by atoms with Crippen LogP contribution in [0, 0.1) is 0 Å².